The first-order valence-electron chi connectivity index (χ1n) is 8.05. The van der Waals surface area contributed by atoms with Crippen LogP contribution in [0.15, 0.2) is 48.5 Å². The molecule has 0 spiro atoms. The molecule has 122 valence electrons. The van der Waals surface area contributed by atoms with Crippen LogP contribution in [0.5, 0.6) is 0 Å². The standard InChI is InChI=1S/C19H22ClFN2/c20-17-5-1-15(2-6-17)11-23-12-16(10-19(22)13-23)9-14-3-7-18(21)8-4-14/h1-8,16,19H,9-13,22H2. The Kier molecular flexibility index (Phi) is 5.31. The summed E-state index contributed by atoms with van der Waals surface area (Å²) < 4.78 is 13.0. The normalized spacial score (nSPS) is 22.2. The van der Waals surface area contributed by atoms with E-state index in [9.17, 15) is 4.39 Å². The highest BCUT2D eigenvalue weighted by atomic mass is 35.5. The lowest BCUT2D eigenvalue weighted by atomic mass is 9.89. The molecule has 0 saturated carbocycles. The largest absolute Gasteiger partial charge is 0.327 e. The molecule has 23 heavy (non-hydrogen) atoms. The third-order valence-electron chi connectivity index (χ3n) is 4.40. The molecule has 3 rings (SSSR count). The Morgan fingerprint density at radius 1 is 1.00 bits per heavy atom. The monoisotopic (exact) mass is 332 g/mol. The molecule has 2 nitrogen and oxygen atoms in total. The van der Waals surface area contributed by atoms with Gasteiger partial charge in [0.25, 0.3) is 0 Å². The van der Waals surface area contributed by atoms with Gasteiger partial charge in [-0.25, -0.2) is 4.39 Å². The molecule has 0 aromatic heterocycles. The summed E-state index contributed by atoms with van der Waals surface area (Å²) in [6, 6.07) is 15.0. The van der Waals surface area contributed by atoms with E-state index in [0.717, 1.165) is 37.5 Å². The van der Waals surface area contributed by atoms with E-state index in [-0.39, 0.29) is 11.9 Å². The Bertz CT molecular complexity index is 571. The maximum absolute atomic E-state index is 13.0. The van der Waals surface area contributed by atoms with Crippen LogP contribution in [0.4, 0.5) is 4.39 Å². The lowest BCUT2D eigenvalue weighted by Gasteiger charge is -2.36. The van der Waals surface area contributed by atoms with Gasteiger partial charge in [-0.3, -0.25) is 4.90 Å². The van der Waals surface area contributed by atoms with Crippen LogP contribution in [0.25, 0.3) is 0 Å². The number of rotatable bonds is 4. The number of hydrogen-bond donors (Lipinski definition) is 1. The van der Waals surface area contributed by atoms with Crippen LogP contribution in [0, 0.1) is 11.7 Å². The predicted octanol–water partition coefficient (Wildman–Crippen LogP) is 3.87. The van der Waals surface area contributed by atoms with Gasteiger partial charge >= 0.3 is 0 Å². The highest BCUT2D eigenvalue weighted by Crippen LogP contribution is 2.22. The summed E-state index contributed by atoms with van der Waals surface area (Å²) in [5.74, 6) is 0.329. The average molecular weight is 333 g/mol. The molecular formula is C19H22ClFN2. The number of halogens is 2. The van der Waals surface area contributed by atoms with E-state index in [4.69, 9.17) is 17.3 Å². The second-order valence-electron chi connectivity index (χ2n) is 6.51. The summed E-state index contributed by atoms with van der Waals surface area (Å²) in [6.45, 7) is 2.83. The topological polar surface area (TPSA) is 29.3 Å². The summed E-state index contributed by atoms with van der Waals surface area (Å²) in [5, 5.41) is 0.762. The summed E-state index contributed by atoms with van der Waals surface area (Å²) in [7, 11) is 0. The quantitative estimate of drug-likeness (QED) is 0.921. The molecule has 1 aliphatic rings. The number of nitrogens with two attached hydrogens (primary N) is 1. The van der Waals surface area contributed by atoms with E-state index >= 15 is 0 Å². The number of benzene rings is 2. The second kappa shape index (κ2) is 7.43. The van der Waals surface area contributed by atoms with Gasteiger partial charge in [0.15, 0.2) is 0 Å². The highest BCUT2D eigenvalue weighted by molar-refractivity contribution is 6.30. The minimum atomic E-state index is -0.182. The first-order chi connectivity index (χ1) is 11.1. The molecule has 0 radical (unpaired) electrons. The first kappa shape index (κ1) is 16.4. The zero-order chi connectivity index (χ0) is 16.2. The van der Waals surface area contributed by atoms with E-state index in [2.05, 4.69) is 17.0 Å². The van der Waals surface area contributed by atoms with Gasteiger partial charge in [0.05, 0.1) is 0 Å². The van der Waals surface area contributed by atoms with Gasteiger partial charge in [0, 0.05) is 30.7 Å². The van der Waals surface area contributed by atoms with E-state index in [1.807, 2.05) is 24.3 Å². The van der Waals surface area contributed by atoms with Crippen LogP contribution >= 0.6 is 11.6 Å². The molecule has 0 bridgehead atoms. The Morgan fingerprint density at radius 2 is 1.65 bits per heavy atom. The van der Waals surface area contributed by atoms with Crippen molar-refractivity contribution in [3.05, 3.63) is 70.5 Å². The third kappa shape index (κ3) is 4.77. The Labute approximate surface area is 142 Å². The zero-order valence-corrected chi connectivity index (χ0v) is 13.8. The Balaban J connectivity index is 1.62. The van der Waals surface area contributed by atoms with Crippen LogP contribution in [0.2, 0.25) is 5.02 Å². The molecule has 2 N–H and O–H groups in total. The van der Waals surface area contributed by atoms with Crippen molar-refractivity contribution in [2.45, 2.75) is 25.4 Å². The van der Waals surface area contributed by atoms with Crippen LogP contribution in [0.1, 0.15) is 17.5 Å². The van der Waals surface area contributed by atoms with Crippen molar-refractivity contribution in [2.75, 3.05) is 13.1 Å². The van der Waals surface area contributed by atoms with Gasteiger partial charge in [0.2, 0.25) is 0 Å². The zero-order valence-electron chi connectivity index (χ0n) is 13.1. The van der Waals surface area contributed by atoms with E-state index in [1.54, 1.807) is 0 Å². The molecule has 2 aromatic carbocycles. The molecule has 4 heteroatoms. The fourth-order valence-corrected chi connectivity index (χ4v) is 3.55. The van der Waals surface area contributed by atoms with Crippen molar-refractivity contribution in [1.82, 2.24) is 4.90 Å². The maximum atomic E-state index is 13.0. The number of hydrogen-bond acceptors (Lipinski definition) is 2. The maximum Gasteiger partial charge on any atom is 0.123 e. The highest BCUT2D eigenvalue weighted by Gasteiger charge is 2.25. The summed E-state index contributed by atoms with van der Waals surface area (Å²) in [5.41, 5.74) is 8.68. The van der Waals surface area contributed by atoms with E-state index in [1.165, 1.54) is 23.3 Å². The SMILES string of the molecule is NC1CC(Cc2ccc(F)cc2)CN(Cc2ccc(Cl)cc2)C1. The Morgan fingerprint density at radius 3 is 2.35 bits per heavy atom. The third-order valence-corrected chi connectivity index (χ3v) is 4.65. The molecule has 1 fully saturated rings. The van der Waals surface area contributed by atoms with Crippen molar-refractivity contribution in [3.63, 3.8) is 0 Å². The van der Waals surface area contributed by atoms with Gasteiger partial charge in [-0.2, -0.15) is 0 Å². The van der Waals surface area contributed by atoms with Crippen molar-refractivity contribution in [2.24, 2.45) is 11.7 Å². The summed E-state index contributed by atoms with van der Waals surface area (Å²) in [6.07, 6.45) is 1.97. The molecule has 1 heterocycles. The van der Waals surface area contributed by atoms with Crippen molar-refractivity contribution >= 4 is 11.6 Å². The van der Waals surface area contributed by atoms with Gasteiger partial charge in [-0.05, 0) is 54.2 Å². The average Bonchev–Trinajstić information content (AvgIpc) is 2.51. The molecular weight excluding hydrogens is 311 g/mol. The van der Waals surface area contributed by atoms with Crippen LogP contribution in [0.3, 0.4) is 0 Å². The van der Waals surface area contributed by atoms with E-state index in [0.29, 0.717) is 5.92 Å². The molecule has 1 aliphatic heterocycles. The first-order valence-corrected chi connectivity index (χ1v) is 8.43. The van der Waals surface area contributed by atoms with Crippen molar-refractivity contribution in [1.29, 1.82) is 0 Å². The fourth-order valence-electron chi connectivity index (χ4n) is 3.43. The molecule has 1 saturated heterocycles. The van der Waals surface area contributed by atoms with Gasteiger partial charge in [0.1, 0.15) is 5.82 Å². The minimum Gasteiger partial charge on any atom is -0.327 e. The molecule has 0 amide bonds. The smallest absolute Gasteiger partial charge is 0.123 e. The number of piperidine rings is 1. The van der Waals surface area contributed by atoms with Crippen LogP contribution in [-0.2, 0) is 13.0 Å². The lowest BCUT2D eigenvalue weighted by Crippen LogP contribution is -2.47. The second-order valence-corrected chi connectivity index (χ2v) is 6.95. The Hall–Kier alpha value is -1.42. The minimum absolute atomic E-state index is 0.182. The number of likely N-dealkylation sites (tertiary alicyclic amines) is 1. The molecule has 2 atom stereocenters. The molecule has 0 aliphatic carbocycles. The van der Waals surface area contributed by atoms with Crippen molar-refractivity contribution < 1.29 is 4.39 Å². The van der Waals surface area contributed by atoms with Gasteiger partial charge in [-0.1, -0.05) is 35.9 Å². The van der Waals surface area contributed by atoms with Crippen LogP contribution in [-0.4, -0.2) is 24.0 Å². The summed E-state index contributed by atoms with van der Waals surface area (Å²) >= 11 is 5.94. The van der Waals surface area contributed by atoms with Crippen LogP contribution < -0.4 is 5.73 Å². The molecule has 2 aromatic rings. The van der Waals surface area contributed by atoms with Gasteiger partial charge in [-0.15, -0.1) is 0 Å². The van der Waals surface area contributed by atoms with Crippen molar-refractivity contribution in [3.8, 4) is 0 Å². The summed E-state index contributed by atoms with van der Waals surface area (Å²) in [4.78, 5) is 2.41. The van der Waals surface area contributed by atoms with E-state index < -0.39 is 0 Å². The van der Waals surface area contributed by atoms with Gasteiger partial charge < -0.3 is 5.73 Å². The number of nitrogens with zero attached hydrogens (tertiary/aromatic N) is 1. The molecule has 2 unspecified atom stereocenters. The fraction of sp³-hybridized carbons (Fsp3) is 0.368. The lowest BCUT2D eigenvalue weighted by molar-refractivity contribution is 0.149. The predicted molar refractivity (Wildman–Crippen MR) is 92.9 cm³/mol.